The van der Waals surface area contributed by atoms with Gasteiger partial charge in [0, 0.05) is 5.38 Å². The Kier molecular flexibility index (Phi) is 4.63. The fourth-order valence-electron chi connectivity index (χ4n) is 2.75. The smallest absolute Gasteiger partial charge is 0.206 e. The Hall–Kier alpha value is -1.90. The van der Waals surface area contributed by atoms with Crippen molar-refractivity contribution in [1.82, 2.24) is 4.68 Å². The molecule has 0 spiro atoms. The van der Waals surface area contributed by atoms with E-state index >= 15 is 0 Å². The predicted molar refractivity (Wildman–Crippen MR) is 112 cm³/mol. The number of nitrogens with zero attached hydrogens (tertiary/aromatic N) is 3. The fourth-order valence-corrected chi connectivity index (χ4v) is 5.11. The van der Waals surface area contributed by atoms with Gasteiger partial charge in [-0.15, -0.1) is 22.7 Å². The lowest BCUT2D eigenvalue weighted by Crippen LogP contribution is -2.15. The molecule has 3 aromatic rings. The number of thiazole rings is 1. The summed E-state index contributed by atoms with van der Waals surface area (Å²) in [7, 11) is 0. The fraction of sp³-hybridized carbons (Fsp3) is 0.263. The summed E-state index contributed by atoms with van der Waals surface area (Å²) in [5.74, 6) is 1.56. The molecule has 1 fully saturated rings. The van der Waals surface area contributed by atoms with Crippen molar-refractivity contribution >= 4 is 44.8 Å². The molecule has 0 radical (unpaired) electrons. The molecule has 0 atom stereocenters. The van der Waals surface area contributed by atoms with Crippen LogP contribution in [0.1, 0.15) is 18.4 Å². The van der Waals surface area contributed by atoms with Crippen LogP contribution in [0, 0.1) is 0 Å². The molecule has 3 heterocycles. The van der Waals surface area contributed by atoms with Crippen molar-refractivity contribution in [2.75, 3.05) is 13.2 Å². The molecular formula is C19H16BrN3O2S2. The van der Waals surface area contributed by atoms with Crippen LogP contribution in [0.2, 0.25) is 0 Å². The second-order valence-electron chi connectivity index (χ2n) is 6.33. The average Bonchev–Trinajstić information content (AvgIpc) is 3.26. The van der Waals surface area contributed by atoms with Gasteiger partial charge in [0.05, 0.1) is 26.6 Å². The molecule has 0 unspecified atom stereocenters. The third-order valence-electron chi connectivity index (χ3n) is 4.24. The number of hydrogen-bond donors (Lipinski definition) is 0. The van der Waals surface area contributed by atoms with Gasteiger partial charge in [-0.2, -0.15) is 5.10 Å². The molecule has 0 saturated heterocycles. The number of aromatic nitrogens is 1. The summed E-state index contributed by atoms with van der Waals surface area (Å²) in [6.45, 7) is 1.17. The van der Waals surface area contributed by atoms with E-state index in [-0.39, 0.29) is 0 Å². The molecular weight excluding hydrogens is 446 g/mol. The van der Waals surface area contributed by atoms with Crippen molar-refractivity contribution in [3.8, 4) is 22.1 Å². The summed E-state index contributed by atoms with van der Waals surface area (Å²) in [4.78, 5) is 6.92. The van der Waals surface area contributed by atoms with E-state index in [1.165, 1.54) is 12.8 Å². The van der Waals surface area contributed by atoms with Crippen LogP contribution in [0.3, 0.4) is 0 Å². The van der Waals surface area contributed by atoms with Crippen LogP contribution in [0.25, 0.3) is 10.6 Å². The van der Waals surface area contributed by atoms with Gasteiger partial charge in [0.2, 0.25) is 4.80 Å². The Labute approximate surface area is 172 Å². The summed E-state index contributed by atoms with van der Waals surface area (Å²) in [6, 6.07) is 10.5. The molecule has 2 aliphatic rings. The zero-order chi connectivity index (χ0) is 18.2. The Balaban J connectivity index is 1.53. The van der Waals surface area contributed by atoms with Gasteiger partial charge >= 0.3 is 0 Å². The largest absolute Gasteiger partial charge is 0.486 e. The SMILES string of the molecule is Brc1ccc(-c2csc(=NC3CC3)n2/N=C\c2ccc3c(c2)OCCO3)s1. The molecule has 2 aromatic heterocycles. The van der Waals surface area contributed by atoms with Gasteiger partial charge in [-0.1, -0.05) is 0 Å². The molecule has 27 heavy (non-hydrogen) atoms. The van der Waals surface area contributed by atoms with Crippen LogP contribution in [-0.4, -0.2) is 30.1 Å². The topological polar surface area (TPSA) is 48.1 Å². The van der Waals surface area contributed by atoms with E-state index in [1.807, 2.05) is 29.1 Å². The van der Waals surface area contributed by atoms with Gasteiger partial charge < -0.3 is 9.47 Å². The van der Waals surface area contributed by atoms with Crippen LogP contribution in [0.5, 0.6) is 11.5 Å². The van der Waals surface area contributed by atoms with Crippen LogP contribution in [0.4, 0.5) is 0 Å². The first kappa shape index (κ1) is 17.2. The maximum atomic E-state index is 5.67. The van der Waals surface area contributed by atoms with E-state index in [4.69, 9.17) is 19.6 Å². The maximum absolute atomic E-state index is 5.67. The van der Waals surface area contributed by atoms with Gasteiger partial charge in [0.25, 0.3) is 0 Å². The average molecular weight is 462 g/mol. The Morgan fingerprint density at radius 1 is 1.11 bits per heavy atom. The van der Waals surface area contributed by atoms with E-state index in [1.54, 1.807) is 22.7 Å². The first-order valence-electron chi connectivity index (χ1n) is 8.70. The second-order valence-corrected chi connectivity index (χ2v) is 9.63. The Morgan fingerprint density at radius 3 is 2.74 bits per heavy atom. The number of rotatable bonds is 4. The molecule has 1 aromatic carbocycles. The zero-order valence-corrected chi connectivity index (χ0v) is 17.5. The molecule has 0 amide bonds. The first-order chi connectivity index (χ1) is 13.3. The number of fused-ring (bicyclic) bond motifs is 1. The highest BCUT2D eigenvalue weighted by Crippen LogP contribution is 2.32. The van der Waals surface area contributed by atoms with Crippen molar-refractivity contribution < 1.29 is 9.47 Å². The summed E-state index contributed by atoms with van der Waals surface area (Å²) < 4.78 is 14.3. The maximum Gasteiger partial charge on any atom is 0.206 e. The highest BCUT2D eigenvalue weighted by molar-refractivity contribution is 9.11. The van der Waals surface area contributed by atoms with Crippen LogP contribution in [0.15, 0.2) is 49.6 Å². The number of ether oxygens (including phenoxy) is 2. The molecule has 8 heteroatoms. The minimum absolute atomic E-state index is 0.447. The molecule has 1 saturated carbocycles. The van der Waals surface area contributed by atoms with Crippen molar-refractivity contribution in [2.24, 2.45) is 10.1 Å². The lowest BCUT2D eigenvalue weighted by atomic mass is 10.2. The second kappa shape index (κ2) is 7.26. The quantitative estimate of drug-likeness (QED) is 0.525. The third-order valence-corrected chi connectivity index (χ3v) is 6.72. The highest BCUT2D eigenvalue weighted by atomic mass is 79.9. The van der Waals surface area contributed by atoms with Crippen LogP contribution >= 0.6 is 38.6 Å². The van der Waals surface area contributed by atoms with Crippen molar-refractivity contribution in [1.29, 1.82) is 0 Å². The molecule has 1 aliphatic carbocycles. The minimum atomic E-state index is 0.447. The predicted octanol–water partition coefficient (Wildman–Crippen LogP) is 4.76. The third kappa shape index (κ3) is 3.74. The molecule has 0 N–H and O–H groups in total. The van der Waals surface area contributed by atoms with E-state index < -0.39 is 0 Å². The molecule has 0 bridgehead atoms. The lowest BCUT2D eigenvalue weighted by Gasteiger charge is -2.18. The number of hydrogen-bond acceptors (Lipinski definition) is 6. The van der Waals surface area contributed by atoms with E-state index in [0.29, 0.717) is 19.3 Å². The van der Waals surface area contributed by atoms with Gasteiger partial charge in [-0.05, 0) is 64.7 Å². The number of benzene rings is 1. The number of thiophene rings is 1. The Bertz CT molecular complexity index is 1080. The van der Waals surface area contributed by atoms with Crippen LogP contribution in [-0.2, 0) is 0 Å². The lowest BCUT2D eigenvalue weighted by molar-refractivity contribution is 0.171. The van der Waals surface area contributed by atoms with Crippen LogP contribution < -0.4 is 14.3 Å². The normalized spacial score (nSPS) is 17.0. The summed E-state index contributed by atoms with van der Waals surface area (Å²) in [5.41, 5.74) is 2.03. The monoisotopic (exact) mass is 461 g/mol. The molecule has 5 rings (SSSR count). The van der Waals surface area contributed by atoms with Gasteiger partial charge in [0.1, 0.15) is 13.2 Å². The van der Waals surface area contributed by atoms with Gasteiger partial charge in [0.15, 0.2) is 11.5 Å². The molecule has 1 aliphatic heterocycles. The van der Waals surface area contributed by atoms with E-state index in [2.05, 4.69) is 33.4 Å². The van der Waals surface area contributed by atoms with E-state index in [0.717, 1.165) is 36.2 Å². The summed E-state index contributed by atoms with van der Waals surface area (Å²) in [6.07, 6.45) is 4.19. The van der Waals surface area contributed by atoms with Gasteiger partial charge in [-0.3, -0.25) is 4.99 Å². The molecule has 138 valence electrons. The molecule has 5 nitrogen and oxygen atoms in total. The summed E-state index contributed by atoms with van der Waals surface area (Å²) in [5, 5.41) is 6.88. The number of halogens is 1. The van der Waals surface area contributed by atoms with E-state index in [9.17, 15) is 0 Å². The summed E-state index contributed by atoms with van der Waals surface area (Å²) >= 11 is 6.88. The van der Waals surface area contributed by atoms with Crippen molar-refractivity contribution in [3.63, 3.8) is 0 Å². The van der Waals surface area contributed by atoms with Gasteiger partial charge in [-0.25, -0.2) is 4.68 Å². The zero-order valence-electron chi connectivity index (χ0n) is 14.3. The van der Waals surface area contributed by atoms with Crippen molar-refractivity contribution in [2.45, 2.75) is 18.9 Å². The van der Waals surface area contributed by atoms with Crippen molar-refractivity contribution in [3.05, 3.63) is 49.9 Å². The standard InChI is InChI=1S/C19H16BrN3O2S2/c20-18-6-5-17(27-18)14-11-26-19(22-13-2-3-13)23(14)21-10-12-1-4-15-16(9-12)25-8-7-24-15/h1,4-6,9-11,13H,2-3,7-8H2/b21-10-,22-19?. The first-order valence-corrected chi connectivity index (χ1v) is 11.2. The minimum Gasteiger partial charge on any atom is -0.486 e. The highest BCUT2D eigenvalue weighted by Gasteiger charge is 2.21. The Morgan fingerprint density at radius 2 is 1.96 bits per heavy atom.